The van der Waals surface area contributed by atoms with Crippen LogP contribution in [0.4, 0.5) is 0 Å². The van der Waals surface area contributed by atoms with Crippen LogP contribution in [0.5, 0.6) is 0 Å². The zero-order valence-electron chi connectivity index (χ0n) is 13.8. The molecule has 2 unspecified atom stereocenters. The highest BCUT2D eigenvalue weighted by Gasteiger charge is 2.28. The van der Waals surface area contributed by atoms with Gasteiger partial charge in [-0.05, 0) is 68.2 Å². The molecule has 122 valence electrons. The van der Waals surface area contributed by atoms with E-state index in [0.29, 0.717) is 18.3 Å². The van der Waals surface area contributed by atoms with E-state index in [1.807, 2.05) is 0 Å². The van der Waals surface area contributed by atoms with Crippen LogP contribution in [0.15, 0.2) is 24.3 Å². The molecule has 1 fully saturated rings. The maximum atomic E-state index is 11.8. The summed E-state index contributed by atoms with van der Waals surface area (Å²) in [6.07, 6.45) is 4.80. The molecule has 1 aromatic carbocycles. The molecular formula is C19H29NO2. The number of hydrogen-bond donors (Lipinski definition) is 2. The number of carboxylic acid groups (broad SMARTS) is 1. The molecule has 0 spiro atoms. The molecule has 1 aromatic rings. The van der Waals surface area contributed by atoms with Crippen molar-refractivity contribution in [1.29, 1.82) is 0 Å². The lowest BCUT2D eigenvalue weighted by atomic mass is 9.82. The van der Waals surface area contributed by atoms with E-state index >= 15 is 0 Å². The fourth-order valence-electron chi connectivity index (χ4n) is 3.51. The number of carboxylic acids is 1. The molecule has 1 heterocycles. The third-order valence-corrected chi connectivity index (χ3v) is 4.60. The number of carbonyl (C=O) groups is 1. The zero-order chi connectivity index (χ0) is 15.9. The lowest BCUT2D eigenvalue weighted by molar-refractivity contribution is -0.143. The van der Waals surface area contributed by atoms with E-state index in [2.05, 4.69) is 43.4 Å². The van der Waals surface area contributed by atoms with Crippen LogP contribution in [0.25, 0.3) is 0 Å². The minimum atomic E-state index is -0.638. The summed E-state index contributed by atoms with van der Waals surface area (Å²) < 4.78 is 0. The Morgan fingerprint density at radius 2 is 1.95 bits per heavy atom. The molecular weight excluding hydrogens is 274 g/mol. The Bertz CT molecular complexity index is 476. The highest BCUT2D eigenvalue weighted by atomic mass is 16.4. The maximum Gasteiger partial charge on any atom is 0.307 e. The minimum absolute atomic E-state index is 0.255. The van der Waals surface area contributed by atoms with E-state index in [1.165, 1.54) is 11.1 Å². The molecule has 1 aliphatic heterocycles. The van der Waals surface area contributed by atoms with E-state index in [0.717, 1.165) is 38.8 Å². The molecule has 3 nitrogen and oxygen atoms in total. The van der Waals surface area contributed by atoms with Gasteiger partial charge in [0.15, 0.2) is 0 Å². The first-order valence-corrected chi connectivity index (χ1v) is 8.57. The van der Waals surface area contributed by atoms with Gasteiger partial charge >= 0.3 is 5.97 Å². The molecule has 2 N–H and O–H groups in total. The minimum Gasteiger partial charge on any atom is -0.481 e. The average Bonchev–Trinajstić information content (AvgIpc) is 2.73. The largest absolute Gasteiger partial charge is 0.481 e. The second kappa shape index (κ2) is 8.33. The molecule has 0 amide bonds. The number of rotatable bonds is 6. The number of aliphatic carboxylic acids is 1. The van der Waals surface area contributed by atoms with Crippen molar-refractivity contribution in [2.24, 2.45) is 17.8 Å². The van der Waals surface area contributed by atoms with Crippen molar-refractivity contribution in [3.8, 4) is 0 Å². The van der Waals surface area contributed by atoms with Gasteiger partial charge in [0.2, 0.25) is 0 Å². The molecule has 1 saturated heterocycles. The van der Waals surface area contributed by atoms with Crippen LogP contribution in [-0.4, -0.2) is 24.2 Å². The van der Waals surface area contributed by atoms with E-state index < -0.39 is 5.97 Å². The molecule has 0 bridgehead atoms. The number of nitrogens with one attached hydrogen (secondary N) is 1. The van der Waals surface area contributed by atoms with Crippen LogP contribution >= 0.6 is 0 Å². The van der Waals surface area contributed by atoms with Gasteiger partial charge in [0.25, 0.3) is 0 Å². The normalized spacial score (nSPS) is 20.6. The Kier molecular flexibility index (Phi) is 6.44. The van der Waals surface area contributed by atoms with Crippen molar-refractivity contribution in [2.75, 3.05) is 13.1 Å². The monoisotopic (exact) mass is 303 g/mol. The van der Waals surface area contributed by atoms with Crippen molar-refractivity contribution < 1.29 is 9.90 Å². The van der Waals surface area contributed by atoms with Gasteiger partial charge in [0.05, 0.1) is 5.92 Å². The first-order chi connectivity index (χ1) is 10.6. The molecule has 2 atom stereocenters. The summed E-state index contributed by atoms with van der Waals surface area (Å²) >= 11 is 0. The fourth-order valence-corrected chi connectivity index (χ4v) is 3.51. The van der Waals surface area contributed by atoms with Crippen LogP contribution in [0, 0.1) is 17.8 Å². The van der Waals surface area contributed by atoms with E-state index in [9.17, 15) is 9.90 Å². The molecule has 0 saturated carbocycles. The Morgan fingerprint density at radius 1 is 1.23 bits per heavy atom. The van der Waals surface area contributed by atoms with Crippen molar-refractivity contribution in [3.63, 3.8) is 0 Å². The lowest BCUT2D eigenvalue weighted by Crippen LogP contribution is -2.27. The Labute approximate surface area is 134 Å². The van der Waals surface area contributed by atoms with E-state index in [-0.39, 0.29) is 5.92 Å². The van der Waals surface area contributed by atoms with Gasteiger partial charge in [-0.3, -0.25) is 4.79 Å². The first-order valence-electron chi connectivity index (χ1n) is 8.57. The SMILES string of the molecule is CC(C)Cc1cccc(CC(C(=O)O)C2CCCNCC2)c1. The Hall–Kier alpha value is -1.35. The molecule has 0 radical (unpaired) electrons. The van der Waals surface area contributed by atoms with Gasteiger partial charge < -0.3 is 10.4 Å². The summed E-state index contributed by atoms with van der Waals surface area (Å²) in [7, 11) is 0. The summed E-state index contributed by atoms with van der Waals surface area (Å²) in [6, 6.07) is 8.50. The van der Waals surface area contributed by atoms with Crippen LogP contribution in [0.2, 0.25) is 0 Å². The third-order valence-electron chi connectivity index (χ3n) is 4.60. The van der Waals surface area contributed by atoms with E-state index in [4.69, 9.17) is 0 Å². The molecule has 2 rings (SSSR count). The smallest absolute Gasteiger partial charge is 0.307 e. The summed E-state index contributed by atoms with van der Waals surface area (Å²) in [6.45, 7) is 6.39. The van der Waals surface area contributed by atoms with Gasteiger partial charge in [-0.2, -0.15) is 0 Å². The highest BCUT2D eigenvalue weighted by Crippen LogP contribution is 2.27. The third kappa shape index (κ3) is 5.13. The molecule has 0 aliphatic carbocycles. The summed E-state index contributed by atoms with van der Waals surface area (Å²) in [5.41, 5.74) is 2.49. The lowest BCUT2D eigenvalue weighted by Gasteiger charge is -2.22. The first kappa shape index (κ1) is 17.0. The van der Waals surface area contributed by atoms with Crippen LogP contribution in [0.3, 0.4) is 0 Å². The molecule has 0 aromatic heterocycles. The van der Waals surface area contributed by atoms with Gasteiger partial charge in [0, 0.05) is 0 Å². The van der Waals surface area contributed by atoms with Gasteiger partial charge in [-0.1, -0.05) is 38.1 Å². The summed E-state index contributed by atoms with van der Waals surface area (Å²) in [5, 5.41) is 13.0. The second-order valence-corrected chi connectivity index (χ2v) is 7.01. The van der Waals surface area contributed by atoms with Crippen LogP contribution < -0.4 is 5.32 Å². The quantitative estimate of drug-likeness (QED) is 0.845. The zero-order valence-corrected chi connectivity index (χ0v) is 13.8. The Balaban J connectivity index is 2.08. The molecule has 1 aliphatic rings. The second-order valence-electron chi connectivity index (χ2n) is 7.01. The fraction of sp³-hybridized carbons (Fsp3) is 0.632. The van der Waals surface area contributed by atoms with Gasteiger partial charge in [-0.15, -0.1) is 0 Å². The van der Waals surface area contributed by atoms with Crippen LogP contribution in [0.1, 0.15) is 44.2 Å². The Morgan fingerprint density at radius 3 is 2.64 bits per heavy atom. The van der Waals surface area contributed by atoms with Crippen molar-refractivity contribution in [2.45, 2.75) is 46.0 Å². The van der Waals surface area contributed by atoms with Crippen molar-refractivity contribution in [1.82, 2.24) is 5.32 Å². The topological polar surface area (TPSA) is 49.3 Å². The van der Waals surface area contributed by atoms with Crippen LogP contribution in [-0.2, 0) is 17.6 Å². The summed E-state index contributed by atoms with van der Waals surface area (Å²) in [5.74, 6) is 0.0232. The predicted molar refractivity (Wildman–Crippen MR) is 90.0 cm³/mol. The van der Waals surface area contributed by atoms with Gasteiger partial charge in [-0.25, -0.2) is 0 Å². The molecule has 3 heteroatoms. The average molecular weight is 303 g/mol. The maximum absolute atomic E-state index is 11.8. The summed E-state index contributed by atoms with van der Waals surface area (Å²) in [4.78, 5) is 11.8. The van der Waals surface area contributed by atoms with Crippen molar-refractivity contribution in [3.05, 3.63) is 35.4 Å². The highest BCUT2D eigenvalue weighted by molar-refractivity contribution is 5.70. The number of benzene rings is 1. The van der Waals surface area contributed by atoms with Crippen molar-refractivity contribution >= 4 is 5.97 Å². The van der Waals surface area contributed by atoms with E-state index in [1.54, 1.807) is 0 Å². The standard InChI is InChI=1S/C19H29NO2/c1-14(2)11-15-5-3-6-16(12-15)13-18(19(21)22)17-7-4-9-20-10-8-17/h3,5-6,12,14,17-18,20H,4,7-11,13H2,1-2H3,(H,21,22). The number of hydrogen-bond acceptors (Lipinski definition) is 2. The predicted octanol–water partition coefficient (Wildman–Crippen LogP) is 3.52. The molecule has 22 heavy (non-hydrogen) atoms. The van der Waals surface area contributed by atoms with Gasteiger partial charge in [0.1, 0.15) is 0 Å².